The Morgan fingerprint density at radius 1 is 1.44 bits per heavy atom. The number of carboxylic acids is 1. The molecule has 0 aromatic heterocycles. The minimum absolute atomic E-state index is 0.120. The molecule has 0 radical (unpaired) electrons. The minimum atomic E-state index is -0.947. The predicted octanol–water partition coefficient (Wildman–Crippen LogP) is 2.76. The van der Waals surface area contributed by atoms with Crippen LogP contribution in [0.3, 0.4) is 0 Å². The van der Waals surface area contributed by atoms with Gasteiger partial charge in [-0.25, -0.2) is 4.79 Å². The molecule has 2 aliphatic carbocycles. The van der Waals surface area contributed by atoms with Crippen LogP contribution in [0.15, 0.2) is 24.3 Å². The molecule has 4 atom stereocenters. The Morgan fingerprint density at radius 3 is 2.72 bits per heavy atom. The highest BCUT2D eigenvalue weighted by Gasteiger charge is 2.49. The topological polar surface area (TPSA) is 57.5 Å². The molecular weight excluding hydrogens is 228 g/mol. The maximum atomic E-state index is 11.0. The lowest BCUT2D eigenvalue weighted by Gasteiger charge is -2.51. The van der Waals surface area contributed by atoms with Gasteiger partial charge in [-0.2, -0.15) is 0 Å². The Bertz CT molecular complexity index is 399. The van der Waals surface area contributed by atoms with Gasteiger partial charge in [-0.1, -0.05) is 25.7 Å². The Hall–Kier alpha value is -1.09. The summed E-state index contributed by atoms with van der Waals surface area (Å²) in [7, 11) is 0. The Kier molecular flexibility index (Phi) is 3.37. The number of rotatable bonds is 2. The van der Waals surface area contributed by atoms with E-state index in [1.165, 1.54) is 5.57 Å². The predicted molar refractivity (Wildman–Crippen MR) is 70.1 cm³/mol. The lowest BCUT2D eigenvalue weighted by Crippen LogP contribution is -2.48. The average Bonchev–Trinajstić information content (AvgIpc) is 2.30. The van der Waals surface area contributed by atoms with E-state index in [9.17, 15) is 9.90 Å². The zero-order chi connectivity index (χ0) is 13.5. The molecule has 0 saturated heterocycles. The van der Waals surface area contributed by atoms with Crippen molar-refractivity contribution in [3.8, 4) is 0 Å². The first kappa shape index (κ1) is 13.3. The summed E-state index contributed by atoms with van der Waals surface area (Å²) in [6.07, 6.45) is 3.93. The van der Waals surface area contributed by atoms with Gasteiger partial charge in [0.15, 0.2) is 0 Å². The van der Waals surface area contributed by atoms with Crippen molar-refractivity contribution in [2.75, 3.05) is 0 Å². The first-order valence-corrected chi connectivity index (χ1v) is 6.64. The van der Waals surface area contributed by atoms with Crippen molar-refractivity contribution in [3.05, 3.63) is 24.3 Å². The second-order valence-corrected chi connectivity index (χ2v) is 6.08. The van der Waals surface area contributed by atoms with Crippen LogP contribution in [-0.2, 0) is 4.79 Å². The molecule has 2 aliphatic rings. The summed E-state index contributed by atoms with van der Waals surface area (Å²) in [5.74, 6) is -0.834. The van der Waals surface area contributed by atoms with E-state index in [1.54, 1.807) is 0 Å². The third kappa shape index (κ3) is 2.01. The van der Waals surface area contributed by atoms with Crippen molar-refractivity contribution < 1.29 is 15.0 Å². The van der Waals surface area contributed by atoms with Gasteiger partial charge in [0, 0.05) is 11.0 Å². The Balaban J connectivity index is 2.23. The summed E-state index contributed by atoms with van der Waals surface area (Å²) < 4.78 is 0. The van der Waals surface area contributed by atoms with E-state index in [4.69, 9.17) is 5.11 Å². The van der Waals surface area contributed by atoms with Crippen LogP contribution in [0.4, 0.5) is 0 Å². The summed E-state index contributed by atoms with van der Waals surface area (Å²) >= 11 is 0. The smallest absolute Gasteiger partial charge is 0.331 e. The first-order valence-electron chi connectivity index (χ1n) is 6.64. The first-order chi connectivity index (χ1) is 8.36. The zero-order valence-corrected chi connectivity index (χ0v) is 11.0. The summed E-state index contributed by atoms with van der Waals surface area (Å²) in [5.41, 5.74) is 1.28. The van der Waals surface area contributed by atoms with Crippen molar-refractivity contribution in [2.24, 2.45) is 17.3 Å². The van der Waals surface area contributed by atoms with E-state index in [-0.39, 0.29) is 22.8 Å². The van der Waals surface area contributed by atoms with Crippen molar-refractivity contribution >= 4 is 5.97 Å². The second-order valence-electron chi connectivity index (χ2n) is 6.08. The lowest BCUT2D eigenvalue weighted by atomic mass is 9.55. The second kappa shape index (κ2) is 4.54. The minimum Gasteiger partial charge on any atom is -0.478 e. The molecule has 0 aromatic rings. The number of carboxylic acid groups (broad SMARTS) is 1. The molecule has 0 aliphatic heterocycles. The van der Waals surface area contributed by atoms with Gasteiger partial charge >= 0.3 is 5.97 Å². The number of allylic oxidation sites excluding steroid dienone is 1. The van der Waals surface area contributed by atoms with Crippen molar-refractivity contribution in [1.82, 2.24) is 0 Å². The molecule has 2 fully saturated rings. The van der Waals surface area contributed by atoms with Crippen molar-refractivity contribution in [2.45, 2.75) is 45.1 Å². The summed E-state index contributed by atoms with van der Waals surface area (Å²) in [4.78, 5) is 11.0. The fraction of sp³-hybridized carbons (Fsp3) is 0.667. The Morgan fingerprint density at radius 2 is 2.11 bits per heavy atom. The molecule has 0 bridgehead atoms. The van der Waals surface area contributed by atoms with Crippen LogP contribution in [-0.4, -0.2) is 22.3 Å². The van der Waals surface area contributed by atoms with Gasteiger partial charge in [0.2, 0.25) is 0 Å². The van der Waals surface area contributed by atoms with E-state index in [2.05, 4.69) is 20.1 Å². The highest BCUT2D eigenvalue weighted by molar-refractivity contribution is 5.86. The van der Waals surface area contributed by atoms with E-state index in [0.29, 0.717) is 6.42 Å². The lowest BCUT2D eigenvalue weighted by molar-refractivity contribution is -0.134. The molecule has 0 aromatic carbocycles. The zero-order valence-electron chi connectivity index (χ0n) is 11.0. The van der Waals surface area contributed by atoms with Gasteiger partial charge in [0.25, 0.3) is 0 Å². The third-order valence-corrected chi connectivity index (χ3v) is 5.06. The van der Waals surface area contributed by atoms with Crippen LogP contribution < -0.4 is 0 Å². The molecular formula is C15H22O3. The maximum Gasteiger partial charge on any atom is 0.331 e. The highest BCUT2D eigenvalue weighted by Crippen LogP contribution is 2.54. The molecule has 0 heterocycles. The third-order valence-electron chi connectivity index (χ3n) is 5.06. The van der Waals surface area contributed by atoms with Gasteiger partial charge in [0.1, 0.15) is 0 Å². The normalized spacial score (nSPS) is 40.1. The van der Waals surface area contributed by atoms with E-state index in [1.807, 2.05) is 0 Å². The maximum absolute atomic E-state index is 11.0. The molecule has 3 nitrogen and oxygen atoms in total. The number of fused-ring (bicyclic) bond motifs is 1. The molecule has 0 amide bonds. The monoisotopic (exact) mass is 250 g/mol. The van der Waals surface area contributed by atoms with Gasteiger partial charge in [-0.05, 0) is 43.9 Å². The van der Waals surface area contributed by atoms with E-state index < -0.39 is 12.1 Å². The largest absolute Gasteiger partial charge is 0.478 e. The number of hydrogen-bond acceptors (Lipinski definition) is 2. The quantitative estimate of drug-likeness (QED) is 0.585. The molecule has 100 valence electrons. The standard InChI is InChI=1S/C15H22O3/c1-9-5-4-6-15(3)12(9)7-11(8-13(15)16)10(2)14(17)18/h11-13,16H,1-2,4-8H2,3H3,(H,17,18)/t11-,12-,13+,15+/m1/s1. The van der Waals surface area contributed by atoms with Crippen LogP contribution >= 0.6 is 0 Å². The number of aliphatic carboxylic acids is 1. The summed E-state index contributed by atoms with van der Waals surface area (Å²) in [5, 5.41) is 19.5. The molecule has 0 unspecified atom stereocenters. The summed E-state index contributed by atoms with van der Waals surface area (Å²) in [6, 6.07) is 0. The summed E-state index contributed by atoms with van der Waals surface area (Å²) in [6.45, 7) is 9.90. The molecule has 0 spiro atoms. The molecule has 2 rings (SSSR count). The average molecular weight is 250 g/mol. The highest BCUT2D eigenvalue weighted by atomic mass is 16.4. The number of aliphatic hydroxyl groups excluding tert-OH is 1. The van der Waals surface area contributed by atoms with Gasteiger partial charge in [-0.3, -0.25) is 0 Å². The number of aliphatic hydroxyl groups is 1. The molecule has 18 heavy (non-hydrogen) atoms. The van der Waals surface area contributed by atoms with Crippen molar-refractivity contribution in [1.29, 1.82) is 0 Å². The van der Waals surface area contributed by atoms with E-state index >= 15 is 0 Å². The molecule has 2 saturated carbocycles. The van der Waals surface area contributed by atoms with Crippen molar-refractivity contribution in [3.63, 3.8) is 0 Å². The van der Waals surface area contributed by atoms with Gasteiger partial charge < -0.3 is 10.2 Å². The Labute approximate surface area is 108 Å². The van der Waals surface area contributed by atoms with Crippen LogP contribution in [0, 0.1) is 17.3 Å². The van der Waals surface area contributed by atoms with E-state index in [0.717, 1.165) is 25.7 Å². The van der Waals surface area contributed by atoms with Crippen LogP contribution in [0.25, 0.3) is 0 Å². The fourth-order valence-corrected chi connectivity index (χ4v) is 3.72. The molecule has 2 N–H and O–H groups in total. The number of hydrogen-bond donors (Lipinski definition) is 2. The van der Waals surface area contributed by atoms with Gasteiger partial charge in [-0.15, -0.1) is 0 Å². The fourth-order valence-electron chi connectivity index (χ4n) is 3.72. The van der Waals surface area contributed by atoms with Gasteiger partial charge in [0.05, 0.1) is 6.10 Å². The SMILES string of the molecule is C=C(C(=O)O)[C@@H]1C[C@@H]2C(=C)CCC[C@]2(C)[C@@H](O)C1. The van der Waals surface area contributed by atoms with Crippen LogP contribution in [0.1, 0.15) is 39.0 Å². The molecule has 3 heteroatoms. The number of carbonyl (C=O) groups is 1. The van der Waals surface area contributed by atoms with Crippen LogP contribution in [0.5, 0.6) is 0 Å². The van der Waals surface area contributed by atoms with Crippen LogP contribution in [0.2, 0.25) is 0 Å².